The number of ether oxygens (including phenoxy) is 1. The molecule has 0 bridgehead atoms. The van der Waals surface area contributed by atoms with Crippen LogP contribution in [0.15, 0.2) is 42.6 Å². The van der Waals surface area contributed by atoms with Gasteiger partial charge in [-0.25, -0.2) is 9.97 Å². The van der Waals surface area contributed by atoms with Crippen molar-refractivity contribution in [3.8, 4) is 5.75 Å². The quantitative estimate of drug-likeness (QED) is 0.697. The van der Waals surface area contributed by atoms with Crippen LogP contribution in [0, 0.1) is 0 Å². The molecule has 2 N–H and O–H groups in total. The second-order valence-electron chi connectivity index (χ2n) is 6.58. The van der Waals surface area contributed by atoms with Crippen molar-refractivity contribution < 1.29 is 9.53 Å². The molecular formula is C20H23N5O2. The summed E-state index contributed by atoms with van der Waals surface area (Å²) in [5, 5.41) is 6.97. The summed E-state index contributed by atoms with van der Waals surface area (Å²) in [6, 6.07) is 11.5. The van der Waals surface area contributed by atoms with Crippen LogP contribution in [0.4, 0.5) is 17.3 Å². The maximum atomic E-state index is 11.4. The fourth-order valence-corrected chi connectivity index (χ4v) is 2.82. The predicted octanol–water partition coefficient (Wildman–Crippen LogP) is 3.40. The molecule has 0 atom stereocenters. The number of fused-ring (bicyclic) bond motifs is 1. The molecule has 0 aliphatic heterocycles. The highest BCUT2D eigenvalue weighted by molar-refractivity contribution is 5.89. The summed E-state index contributed by atoms with van der Waals surface area (Å²) in [5.41, 5.74) is 3.43. The van der Waals surface area contributed by atoms with E-state index in [1.807, 2.05) is 50.5 Å². The van der Waals surface area contributed by atoms with Gasteiger partial charge in [-0.15, -0.1) is 0 Å². The molecule has 1 amide bonds. The van der Waals surface area contributed by atoms with E-state index in [0.717, 1.165) is 40.1 Å². The van der Waals surface area contributed by atoms with Crippen LogP contribution in [-0.4, -0.2) is 42.0 Å². The fraction of sp³-hybridized carbons (Fsp3) is 0.250. The molecule has 2 aromatic carbocycles. The first kappa shape index (κ1) is 18.6. The molecule has 3 aromatic rings. The molecule has 7 nitrogen and oxygen atoms in total. The highest BCUT2D eigenvalue weighted by Gasteiger charge is 2.07. The first-order valence-corrected chi connectivity index (χ1v) is 8.57. The molecule has 0 aliphatic carbocycles. The number of benzene rings is 2. The monoisotopic (exact) mass is 365 g/mol. The zero-order valence-corrected chi connectivity index (χ0v) is 15.9. The summed E-state index contributed by atoms with van der Waals surface area (Å²) in [6.07, 6.45) is 1.76. The second kappa shape index (κ2) is 8.01. The van der Waals surface area contributed by atoms with Gasteiger partial charge in [0, 0.05) is 36.4 Å². The topological polar surface area (TPSA) is 79.4 Å². The number of hydrogen-bond acceptors (Lipinski definition) is 6. The van der Waals surface area contributed by atoms with Gasteiger partial charge < -0.3 is 20.3 Å². The van der Waals surface area contributed by atoms with Crippen LogP contribution in [-0.2, 0) is 11.3 Å². The third-order valence-electron chi connectivity index (χ3n) is 3.86. The molecule has 0 saturated carbocycles. The standard InChI is InChI=1S/C20H23N5O2/c1-13(26)22-16-7-14(12-25(2)3)8-17(10-16)23-20-21-11-15-9-18(27-4)5-6-19(15)24-20/h5-11H,12H2,1-4H3,(H,22,26)(H,21,23,24). The summed E-state index contributed by atoms with van der Waals surface area (Å²) in [7, 11) is 5.63. The third-order valence-corrected chi connectivity index (χ3v) is 3.86. The lowest BCUT2D eigenvalue weighted by Gasteiger charge is -2.14. The van der Waals surface area contributed by atoms with Gasteiger partial charge in [0.2, 0.25) is 11.9 Å². The van der Waals surface area contributed by atoms with Crippen molar-refractivity contribution in [1.29, 1.82) is 0 Å². The van der Waals surface area contributed by atoms with E-state index in [2.05, 4.69) is 25.5 Å². The fourth-order valence-electron chi connectivity index (χ4n) is 2.82. The molecule has 0 saturated heterocycles. The maximum absolute atomic E-state index is 11.4. The zero-order valence-electron chi connectivity index (χ0n) is 15.9. The summed E-state index contributed by atoms with van der Waals surface area (Å²) in [5.74, 6) is 1.14. The lowest BCUT2D eigenvalue weighted by Crippen LogP contribution is -2.12. The zero-order chi connectivity index (χ0) is 19.4. The van der Waals surface area contributed by atoms with Gasteiger partial charge in [-0.1, -0.05) is 0 Å². The molecule has 140 valence electrons. The molecule has 0 aliphatic rings. The van der Waals surface area contributed by atoms with E-state index in [-0.39, 0.29) is 5.91 Å². The van der Waals surface area contributed by atoms with Crippen LogP contribution in [0.3, 0.4) is 0 Å². The number of nitrogens with zero attached hydrogens (tertiary/aromatic N) is 3. The Labute approximate surface area is 158 Å². The van der Waals surface area contributed by atoms with Crippen LogP contribution in [0.1, 0.15) is 12.5 Å². The van der Waals surface area contributed by atoms with Crippen molar-refractivity contribution in [2.75, 3.05) is 31.8 Å². The number of hydrogen-bond donors (Lipinski definition) is 2. The Morgan fingerprint density at radius 1 is 1.15 bits per heavy atom. The number of carbonyl (C=O) groups excluding carboxylic acids is 1. The highest BCUT2D eigenvalue weighted by atomic mass is 16.5. The average Bonchev–Trinajstić information content (AvgIpc) is 2.59. The van der Waals surface area contributed by atoms with Gasteiger partial charge in [0.1, 0.15) is 5.75 Å². The minimum atomic E-state index is -0.112. The molecule has 1 aromatic heterocycles. The summed E-state index contributed by atoms with van der Waals surface area (Å²) >= 11 is 0. The van der Waals surface area contributed by atoms with E-state index in [0.29, 0.717) is 5.95 Å². The van der Waals surface area contributed by atoms with E-state index < -0.39 is 0 Å². The van der Waals surface area contributed by atoms with Crippen molar-refractivity contribution in [2.24, 2.45) is 0 Å². The number of amides is 1. The maximum Gasteiger partial charge on any atom is 0.227 e. The predicted molar refractivity (Wildman–Crippen MR) is 108 cm³/mol. The minimum Gasteiger partial charge on any atom is -0.497 e. The highest BCUT2D eigenvalue weighted by Crippen LogP contribution is 2.24. The first-order chi connectivity index (χ1) is 12.9. The smallest absolute Gasteiger partial charge is 0.227 e. The van der Waals surface area contributed by atoms with Crippen LogP contribution < -0.4 is 15.4 Å². The first-order valence-electron chi connectivity index (χ1n) is 8.57. The molecule has 27 heavy (non-hydrogen) atoms. The van der Waals surface area contributed by atoms with E-state index >= 15 is 0 Å². The molecule has 3 rings (SSSR count). The Kier molecular flexibility index (Phi) is 5.52. The summed E-state index contributed by atoms with van der Waals surface area (Å²) < 4.78 is 5.23. The van der Waals surface area contributed by atoms with Crippen molar-refractivity contribution in [3.05, 3.63) is 48.2 Å². The Bertz CT molecular complexity index is 972. The van der Waals surface area contributed by atoms with Crippen LogP contribution in [0.2, 0.25) is 0 Å². The van der Waals surface area contributed by atoms with Crippen LogP contribution >= 0.6 is 0 Å². The molecular weight excluding hydrogens is 342 g/mol. The summed E-state index contributed by atoms with van der Waals surface area (Å²) in [4.78, 5) is 22.4. The van der Waals surface area contributed by atoms with Gasteiger partial charge in [-0.05, 0) is 56.1 Å². The van der Waals surface area contributed by atoms with Gasteiger partial charge >= 0.3 is 0 Å². The molecule has 1 heterocycles. The molecule has 7 heteroatoms. The number of anilines is 3. The third kappa shape index (κ3) is 4.92. The summed E-state index contributed by atoms with van der Waals surface area (Å²) in [6.45, 7) is 2.24. The number of carbonyl (C=O) groups is 1. The Morgan fingerprint density at radius 2 is 1.93 bits per heavy atom. The Balaban J connectivity index is 1.90. The lowest BCUT2D eigenvalue weighted by molar-refractivity contribution is -0.114. The Morgan fingerprint density at radius 3 is 2.63 bits per heavy atom. The largest absolute Gasteiger partial charge is 0.497 e. The molecule has 0 spiro atoms. The average molecular weight is 365 g/mol. The SMILES string of the molecule is COc1ccc2nc(Nc3cc(CN(C)C)cc(NC(C)=O)c3)ncc2c1. The number of nitrogens with one attached hydrogen (secondary N) is 2. The molecule has 0 radical (unpaired) electrons. The van der Waals surface area contributed by atoms with Gasteiger partial charge in [0.05, 0.1) is 12.6 Å². The van der Waals surface area contributed by atoms with Crippen molar-refractivity contribution in [1.82, 2.24) is 14.9 Å². The van der Waals surface area contributed by atoms with Crippen LogP contribution in [0.5, 0.6) is 5.75 Å². The van der Waals surface area contributed by atoms with Crippen molar-refractivity contribution in [2.45, 2.75) is 13.5 Å². The Hall–Kier alpha value is -3.19. The lowest BCUT2D eigenvalue weighted by atomic mass is 10.1. The number of aromatic nitrogens is 2. The normalized spacial score (nSPS) is 10.9. The van der Waals surface area contributed by atoms with Crippen molar-refractivity contribution in [3.63, 3.8) is 0 Å². The van der Waals surface area contributed by atoms with E-state index in [9.17, 15) is 4.79 Å². The molecule has 0 fully saturated rings. The van der Waals surface area contributed by atoms with Gasteiger partial charge in [-0.3, -0.25) is 4.79 Å². The van der Waals surface area contributed by atoms with Gasteiger partial charge in [-0.2, -0.15) is 0 Å². The second-order valence-corrected chi connectivity index (χ2v) is 6.58. The van der Waals surface area contributed by atoms with Crippen molar-refractivity contribution >= 4 is 34.1 Å². The van der Waals surface area contributed by atoms with E-state index in [4.69, 9.17) is 4.74 Å². The van der Waals surface area contributed by atoms with Gasteiger partial charge in [0.25, 0.3) is 0 Å². The van der Waals surface area contributed by atoms with E-state index in [1.165, 1.54) is 6.92 Å². The van der Waals surface area contributed by atoms with Crippen LogP contribution in [0.25, 0.3) is 10.9 Å². The number of rotatable bonds is 6. The minimum absolute atomic E-state index is 0.112. The van der Waals surface area contributed by atoms with E-state index in [1.54, 1.807) is 13.3 Å². The molecule has 0 unspecified atom stereocenters. The van der Waals surface area contributed by atoms with Gasteiger partial charge in [0.15, 0.2) is 0 Å². The number of methoxy groups -OCH3 is 1.